The van der Waals surface area contributed by atoms with Gasteiger partial charge in [0.05, 0.1) is 11.8 Å². The van der Waals surface area contributed by atoms with Crippen LogP contribution in [0.25, 0.3) is 0 Å². The summed E-state index contributed by atoms with van der Waals surface area (Å²) in [5.41, 5.74) is 0.689. The quantitative estimate of drug-likeness (QED) is 0.939. The average molecular weight is 323 g/mol. The van der Waals surface area contributed by atoms with Crippen LogP contribution in [0.4, 0.5) is 0 Å². The monoisotopic (exact) mass is 323 g/mol. The molecule has 112 valence electrons. The van der Waals surface area contributed by atoms with E-state index in [1.807, 2.05) is 29.3 Å². The van der Waals surface area contributed by atoms with E-state index in [0.29, 0.717) is 17.0 Å². The normalized spacial score (nSPS) is 19.9. The van der Waals surface area contributed by atoms with E-state index >= 15 is 0 Å². The number of nitrogens with zero attached hydrogens (tertiary/aromatic N) is 3. The lowest BCUT2D eigenvalue weighted by molar-refractivity contribution is 0.0674. The molecule has 1 aliphatic heterocycles. The zero-order valence-electron chi connectivity index (χ0n) is 11.7. The molecule has 2 aromatic heterocycles. The fourth-order valence-electron chi connectivity index (χ4n) is 2.76. The van der Waals surface area contributed by atoms with Crippen molar-refractivity contribution in [3.05, 3.63) is 33.0 Å². The van der Waals surface area contributed by atoms with E-state index in [9.17, 15) is 9.90 Å². The minimum atomic E-state index is -0.496. The highest BCUT2D eigenvalue weighted by atomic mass is 32.1. The molecule has 0 radical (unpaired) electrons. The molecule has 1 fully saturated rings. The molecule has 0 bridgehead atoms. The summed E-state index contributed by atoms with van der Waals surface area (Å²) in [6.07, 6.45) is 2.03. The number of hydrogen-bond acceptors (Lipinski definition) is 6. The van der Waals surface area contributed by atoms with E-state index in [2.05, 4.69) is 9.59 Å². The standard InChI is InChI=1S/C14H17N3O2S2/c1-9-13(21-16-15-9)14(19)17-6-2-4-10(17)8-11(18)12-5-3-7-20-12/h3,5,7,10-11,18H,2,4,6,8H2,1H3/t10-,11+/m1/s1. The number of rotatable bonds is 4. The Morgan fingerprint density at radius 2 is 2.48 bits per heavy atom. The predicted octanol–water partition coefficient (Wildman–Crippen LogP) is 2.64. The van der Waals surface area contributed by atoms with E-state index in [1.165, 1.54) is 0 Å². The number of aliphatic hydroxyl groups is 1. The molecule has 1 N–H and O–H groups in total. The van der Waals surface area contributed by atoms with Crippen molar-refractivity contribution in [2.24, 2.45) is 0 Å². The van der Waals surface area contributed by atoms with Crippen molar-refractivity contribution < 1.29 is 9.90 Å². The summed E-state index contributed by atoms with van der Waals surface area (Å²) in [4.78, 5) is 16.0. The fourth-order valence-corrected chi connectivity index (χ4v) is 4.10. The maximum atomic E-state index is 12.6. The van der Waals surface area contributed by atoms with Crippen molar-refractivity contribution >= 4 is 28.8 Å². The number of amides is 1. The molecule has 1 aliphatic rings. The van der Waals surface area contributed by atoms with Gasteiger partial charge in [0.15, 0.2) is 0 Å². The number of thiophene rings is 1. The second kappa shape index (κ2) is 6.21. The van der Waals surface area contributed by atoms with Gasteiger partial charge in [-0.15, -0.1) is 16.4 Å². The number of carbonyl (C=O) groups excluding carboxylic acids is 1. The third-order valence-corrected chi connectivity index (χ3v) is 5.64. The van der Waals surface area contributed by atoms with Crippen LogP contribution in [-0.4, -0.2) is 38.1 Å². The van der Waals surface area contributed by atoms with Crippen LogP contribution in [-0.2, 0) is 0 Å². The topological polar surface area (TPSA) is 66.3 Å². The SMILES string of the molecule is Cc1nnsc1C(=O)N1CCC[C@@H]1C[C@H](O)c1cccs1. The molecule has 1 amide bonds. The Balaban J connectivity index is 1.71. The lowest BCUT2D eigenvalue weighted by atomic mass is 10.1. The van der Waals surface area contributed by atoms with Crippen LogP contribution < -0.4 is 0 Å². The molecule has 5 nitrogen and oxygen atoms in total. The highest BCUT2D eigenvalue weighted by Gasteiger charge is 2.33. The average Bonchev–Trinajstić information content (AvgIpc) is 3.19. The summed E-state index contributed by atoms with van der Waals surface area (Å²) < 4.78 is 3.84. The van der Waals surface area contributed by atoms with Gasteiger partial charge in [-0.1, -0.05) is 10.6 Å². The first-order valence-corrected chi connectivity index (χ1v) is 8.63. The molecule has 2 aromatic rings. The minimum Gasteiger partial charge on any atom is -0.387 e. The van der Waals surface area contributed by atoms with Crippen LogP contribution in [0.5, 0.6) is 0 Å². The highest BCUT2D eigenvalue weighted by Crippen LogP contribution is 2.30. The maximum absolute atomic E-state index is 12.6. The van der Waals surface area contributed by atoms with Crippen molar-refractivity contribution in [1.29, 1.82) is 0 Å². The molecule has 3 heterocycles. The third-order valence-electron chi connectivity index (χ3n) is 3.85. The Labute approximate surface area is 131 Å². The largest absolute Gasteiger partial charge is 0.387 e. The molecule has 0 spiro atoms. The molecular formula is C14H17N3O2S2. The summed E-state index contributed by atoms with van der Waals surface area (Å²) in [6, 6.07) is 3.97. The van der Waals surface area contributed by atoms with Gasteiger partial charge in [0.1, 0.15) is 4.88 Å². The van der Waals surface area contributed by atoms with E-state index < -0.39 is 6.10 Å². The molecule has 2 atom stereocenters. The van der Waals surface area contributed by atoms with Crippen LogP contribution in [0.2, 0.25) is 0 Å². The minimum absolute atomic E-state index is 0.00313. The lowest BCUT2D eigenvalue weighted by Gasteiger charge is -2.25. The van der Waals surface area contributed by atoms with Crippen molar-refractivity contribution in [2.75, 3.05) is 6.54 Å². The van der Waals surface area contributed by atoms with Crippen molar-refractivity contribution in [3.63, 3.8) is 0 Å². The van der Waals surface area contributed by atoms with E-state index in [4.69, 9.17) is 0 Å². The Kier molecular flexibility index (Phi) is 4.32. The van der Waals surface area contributed by atoms with Crippen LogP contribution in [0.15, 0.2) is 17.5 Å². The lowest BCUT2D eigenvalue weighted by Crippen LogP contribution is -2.36. The number of likely N-dealkylation sites (tertiary alicyclic amines) is 1. The molecule has 0 aliphatic carbocycles. The van der Waals surface area contributed by atoms with E-state index in [-0.39, 0.29) is 11.9 Å². The van der Waals surface area contributed by atoms with Crippen molar-refractivity contribution in [2.45, 2.75) is 38.3 Å². The van der Waals surface area contributed by atoms with Gasteiger partial charge in [0.25, 0.3) is 5.91 Å². The second-order valence-electron chi connectivity index (χ2n) is 5.25. The number of aryl methyl sites for hydroxylation is 1. The fraction of sp³-hybridized carbons (Fsp3) is 0.500. The highest BCUT2D eigenvalue weighted by molar-refractivity contribution is 7.10. The third kappa shape index (κ3) is 3.00. The van der Waals surface area contributed by atoms with E-state index in [0.717, 1.165) is 35.8 Å². The van der Waals surface area contributed by atoms with Gasteiger partial charge < -0.3 is 10.0 Å². The Bertz CT molecular complexity index is 612. The van der Waals surface area contributed by atoms with Crippen molar-refractivity contribution in [3.8, 4) is 0 Å². The summed E-state index contributed by atoms with van der Waals surface area (Å²) >= 11 is 2.70. The molecule has 1 saturated heterocycles. The first-order valence-electron chi connectivity index (χ1n) is 6.98. The number of hydrogen-bond donors (Lipinski definition) is 1. The molecule has 0 unspecified atom stereocenters. The van der Waals surface area contributed by atoms with Gasteiger partial charge in [-0.3, -0.25) is 4.79 Å². The van der Waals surface area contributed by atoms with Gasteiger partial charge in [-0.2, -0.15) is 0 Å². The van der Waals surface area contributed by atoms with Crippen LogP contribution in [0.1, 0.15) is 45.6 Å². The summed E-state index contributed by atoms with van der Waals surface area (Å²) in [6.45, 7) is 2.56. The first kappa shape index (κ1) is 14.6. The number of carbonyl (C=O) groups is 1. The predicted molar refractivity (Wildman–Crippen MR) is 82.6 cm³/mol. The molecule has 0 aromatic carbocycles. The molecular weight excluding hydrogens is 306 g/mol. The van der Waals surface area contributed by atoms with Gasteiger partial charge in [0.2, 0.25) is 0 Å². The summed E-state index contributed by atoms with van der Waals surface area (Å²) in [5.74, 6) is 0.00313. The number of aliphatic hydroxyl groups excluding tert-OH is 1. The van der Waals surface area contributed by atoms with Crippen LogP contribution >= 0.6 is 22.9 Å². The van der Waals surface area contributed by atoms with Crippen molar-refractivity contribution in [1.82, 2.24) is 14.5 Å². The Morgan fingerprint density at radius 1 is 1.62 bits per heavy atom. The number of aromatic nitrogens is 2. The zero-order valence-corrected chi connectivity index (χ0v) is 13.4. The zero-order chi connectivity index (χ0) is 14.8. The molecule has 7 heteroatoms. The van der Waals surface area contributed by atoms with Gasteiger partial charge in [-0.25, -0.2) is 0 Å². The van der Waals surface area contributed by atoms with Gasteiger partial charge in [-0.05, 0) is 49.2 Å². The first-order chi connectivity index (χ1) is 10.2. The molecule has 21 heavy (non-hydrogen) atoms. The van der Waals surface area contributed by atoms with Gasteiger partial charge in [0, 0.05) is 17.5 Å². The van der Waals surface area contributed by atoms with Crippen LogP contribution in [0.3, 0.4) is 0 Å². The Hall–Kier alpha value is -1.31. The Morgan fingerprint density at radius 3 is 3.14 bits per heavy atom. The van der Waals surface area contributed by atoms with E-state index in [1.54, 1.807) is 11.3 Å². The second-order valence-corrected chi connectivity index (χ2v) is 6.98. The van der Waals surface area contributed by atoms with Crippen LogP contribution in [0, 0.1) is 6.92 Å². The smallest absolute Gasteiger partial charge is 0.267 e. The maximum Gasteiger partial charge on any atom is 0.267 e. The molecule has 3 rings (SSSR count). The summed E-state index contributed by atoms with van der Waals surface area (Å²) in [7, 11) is 0. The van der Waals surface area contributed by atoms with Gasteiger partial charge >= 0.3 is 0 Å². The summed E-state index contributed by atoms with van der Waals surface area (Å²) in [5, 5.41) is 16.2. The molecule has 0 saturated carbocycles.